The number of likely N-dealkylation sites (tertiary alicyclic amines) is 1. The van der Waals surface area contributed by atoms with Gasteiger partial charge in [-0.25, -0.2) is 0 Å². The number of carbonyl (C=O) groups excluding carboxylic acids is 2. The lowest BCUT2D eigenvalue weighted by Crippen LogP contribution is -2.41. The van der Waals surface area contributed by atoms with Crippen molar-refractivity contribution < 1.29 is 23.8 Å². The standard InChI is InChI=1S/C22H26N2O5/c1-27-18-13-17(14-19(28-2)20(18)29-3)23-21(25)15-9-11-24(12-10-15)22(26)16-7-5-4-6-8-16/h4-8,13-15H,9-12H2,1-3H3,(H,23,25). The molecule has 3 rings (SSSR count). The third-order valence-electron chi connectivity index (χ3n) is 5.11. The van der Waals surface area contributed by atoms with Crippen molar-refractivity contribution in [1.29, 1.82) is 0 Å². The molecule has 0 spiro atoms. The van der Waals surface area contributed by atoms with E-state index in [1.165, 1.54) is 21.3 Å². The summed E-state index contributed by atoms with van der Waals surface area (Å²) >= 11 is 0. The van der Waals surface area contributed by atoms with Gasteiger partial charge >= 0.3 is 0 Å². The molecule has 1 heterocycles. The molecule has 7 nitrogen and oxygen atoms in total. The number of hydrogen-bond donors (Lipinski definition) is 1. The van der Waals surface area contributed by atoms with E-state index in [1.807, 2.05) is 30.3 Å². The fourth-order valence-electron chi connectivity index (χ4n) is 3.51. The van der Waals surface area contributed by atoms with E-state index in [-0.39, 0.29) is 17.7 Å². The predicted molar refractivity (Wildman–Crippen MR) is 110 cm³/mol. The number of anilines is 1. The molecule has 1 saturated heterocycles. The Morgan fingerprint density at radius 1 is 0.931 bits per heavy atom. The first-order valence-electron chi connectivity index (χ1n) is 9.52. The molecule has 154 valence electrons. The largest absolute Gasteiger partial charge is 0.493 e. The van der Waals surface area contributed by atoms with E-state index in [2.05, 4.69) is 5.32 Å². The van der Waals surface area contributed by atoms with E-state index in [0.29, 0.717) is 54.4 Å². The van der Waals surface area contributed by atoms with E-state index in [0.717, 1.165) is 0 Å². The maximum Gasteiger partial charge on any atom is 0.253 e. The molecule has 0 aliphatic carbocycles. The lowest BCUT2D eigenvalue weighted by molar-refractivity contribution is -0.121. The molecule has 1 fully saturated rings. The van der Waals surface area contributed by atoms with Gasteiger partial charge in [-0.15, -0.1) is 0 Å². The number of benzene rings is 2. The highest BCUT2D eigenvalue weighted by Gasteiger charge is 2.28. The summed E-state index contributed by atoms with van der Waals surface area (Å²) in [6.45, 7) is 1.11. The summed E-state index contributed by atoms with van der Waals surface area (Å²) in [5.74, 6) is 1.20. The van der Waals surface area contributed by atoms with Crippen molar-refractivity contribution >= 4 is 17.5 Å². The van der Waals surface area contributed by atoms with E-state index in [4.69, 9.17) is 14.2 Å². The van der Waals surface area contributed by atoms with Crippen molar-refractivity contribution in [2.45, 2.75) is 12.8 Å². The zero-order chi connectivity index (χ0) is 20.8. The van der Waals surface area contributed by atoms with Crippen LogP contribution >= 0.6 is 0 Å². The Balaban J connectivity index is 1.62. The quantitative estimate of drug-likeness (QED) is 0.809. The first kappa shape index (κ1) is 20.5. The van der Waals surface area contributed by atoms with Crippen LogP contribution in [0.2, 0.25) is 0 Å². The molecule has 1 aliphatic heterocycles. The fourth-order valence-corrected chi connectivity index (χ4v) is 3.51. The van der Waals surface area contributed by atoms with Gasteiger partial charge in [-0.3, -0.25) is 9.59 Å². The summed E-state index contributed by atoms with van der Waals surface area (Å²) in [6.07, 6.45) is 1.24. The first-order valence-corrected chi connectivity index (χ1v) is 9.52. The van der Waals surface area contributed by atoms with Crippen LogP contribution in [0.5, 0.6) is 17.2 Å². The molecule has 0 atom stereocenters. The van der Waals surface area contributed by atoms with Crippen molar-refractivity contribution in [1.82, 2.24) is 4.90 Å². The monoisotopic (exact) mass is 398 g/mol. The van der Waals surface area contributed by atoms with E-state index < -0.39 is 0 Å². The molecule has 2 amide bonds. The van der Waals surface area contributed by atoms with E-state index in [9.17, 15) is 9.59 Å². The second-order valence-electron chi connectivity index (χ2n) is 6.84. The number of methoxy groups -OCH3 is 3. The number of carbonyl (C=O) groups is 2. The fraction of sp³-hybridized carbons (Fsp3) is 0.364. The summed E-state index contributed by atoms with van der Waals surface area (Å²) in [6, 6.07) is 12.6. The Kier molecular flexibility index (Phi) is 6.59. The maximum atomic E-state index is 12.7. The number of piperidine rings is 1. The molecule has 7 heteroatoms. The SMILES string of the molecule is COc1cc(NC(=O)C2CCN(C(=O)c3ccccc3)CC2)cc(OC)c1OC. The molecular weight excluding hydrogens is 372 g/mol. The van der Waals surface area contributed by atoms with Gasteiger partial charge in [0.25, 0.3) is 5.91 Å². The van der Waals surface area contributed by atoms with Crippen molar-refractivity contribution in [2.24, 2.45) is 5.92 Å². The van der Waals surface area contributed by atoms with Gasteiger partial charge in [-0.2, -0.15) is 0 Å². The van der Waals surface area contributed by atoms with Crippen molar-refractivity contribution in [2.75, 3.05) is 39.7 Å². The molecular formula is C22H26N2O5. The number of amides is 2. The zero-order valence-corrected chi connectivity index (χ0v) is 16.9. The maximum absolute atomic E-state index is 12.7. The minimum absolute atomic E-state index is 0.00841. The van der Waals surface area contributed by atoms with Gasteiger partial charge in [0.15, 0.2) is 11.5 Å². The average Bonchev–Trinajstić information content (AvgIpc) is 2.78. The van der Waals surface area contributed by atoms with Gasteiger partial charge in [0.2, 0.25) is 11.7 Å². The normalized spacial score (nSPS) is 14.2. The molecule has 1 aliphatic rings. The summed E-state index contributed by atoms with van der Waals surface area (Å²) < 4.78 is 16.0. The van der Waals surface area contributed by atoms with Crippen LogP contribution in [-0.4, -0.2) is 51.1 Å². The summed E-state index contributed by atoms with van der Waals surface area (Å²) in [4.78, 5) is 27.1. The minimum Gasteiger partial charge on any atom is -0.493 e. The van der Waals surface area contributed by atoms with Gasteiger partial charge in [0.1, 0.15) is 0 Å². The zero-order valence-electron chi connectivity index (χ0n) is 16.9. The summed E-state index contributed by atoms with van der Waals surface area (Å²) in [5, 5.41) is 2.93. The van der Waals surface area contributed by atoms with Crippen LogP contribution in [0.25, 0.3) is 0 Å². The predicted octanol–water partition coefficient (Wildman–Crippen LogP) is 3.20. The van der Waals surface area contributed by atoms with Crippen LogP contribution in [0.3, 0.4) is 0 Å². The molecule has 1 N–H and O–H groups in total. The van der Waals surface area contributed by atoms with Gasteiger partial charge in [-0.1, -0.05) is 18.2 Å². The lowest BCUT2D eigenvalue weighted by atomic mass is 9.95. The Labute approximate surface area is 170 Å². The Bertz CT molecular complexity index is 836. The van der Waals surface area contributed by atoms with Crippen LogP contribution in [-0.2, 0) is 4.79 Å². The third kappa shape index (κ3) is 4.62. The van der Waals surface area contributed by atoms with Crippen molar-refractivity contribution in [3.8, 4) is 17.2 Å². The highest BCUT2D eigenvalue weighted by molar-refractivity contribution is 5.95. The first-order chi connectivity index (χ1) is 14.1. The van der Waals surface area contributed by atoms with Gasteiger partial charge in [0, 0.05) is 42.4 Å². The molecule has 0 unspecified atom stereocenters. The Morgan fingerprint density at radius 2 is 1.52 bits per heavy atom. The highest BCUT2D eigenvalue weighted by Crippen LogP contribution is 2.40. The number of hydrogen-bond acceptors (Lipinski definition) is 5. The lowest BCUT2D eigenvalue weighted by Gasteiger charge is -2.31. The topological polar surface area (TPSA) is 77.1 Å². The van der Waals surface area contributed by atoms with E-state index >= 15 is 0 Å². The molecule has 2 aromatic carbocycles. The van der Waals surface area contributed by atoms with Crippen LogP contribution < -0.4 is 19.5 Å². The van der Waals surface area contributed by atoms with Crippen LogP contribution in [0.4, 0.5) is 5.69 Å². The average molecular weight is 398 g/mol. The third-order valence-corrected chi connectivity index (χ3v) is 5.11. The summed E-state index contributed by atoms with van der Waals surface area (Å²) in [5.41, 5.74) is 1.25. The Hall–Kier alpha value is -3.22. The van der Waals surface area contributed by atoms with Crippen molar-refractivity contribution in [3.05, 3.63) is 48.0 Å². The van der Waals surface area contributed by atoms with Crippen LogP contribution in [0.15, 0.2) is 42.5 Å². The van der Waals surface area contributed by atoms with Gasteiger partial charge in [-0.05, 0) is 25.0 Å². The number of nitrogens with one attached hydrogen (secondary N) is 1. The molecule has 0 radical (unpaired) electrons. The van der Waals surface area contributed by atoms with Crippen molar-refractivity contribution in [3.63, 3.8) is 0 Å². The van der Waals surface area contributed by atoms with Crippen LogP contribution in [0.1, 0.15) is 23.2 Å². The Morgan fingerprint density at radius 3 is 2.03 bits per heavy atom. The minimum atomic E-state index is -0.158. The molecule has 2 aromatic rings. The molecule has 0 aromatic heterocycles. The second kappa shape index (κ2) is 9.32. The van der Waals surface area contributed by atoms with Crippen LogP contribution in [0, 0.1) is 5.92 Å². The molecule has 29 heavy (non-hydrogen) atoms. The second-order valence-corrected chi connectivity index (χ2v) is 6.84. The number of nitrogens with zero attached hydrogens (tertiary/aromatic N) is 1. The van der Waals surface area contributed by atoms with Gasteiger partial charge < -0.3 is 24.4 Å². The van der Waals surface area contributed by atoms with E-state index in [1.54, 1.807) is 17.0 Å². The summed E-state index contributed by atoms with van der Waals surface area (Å²) in [7, 11) is 4.59. The number of rotatable bonds is 6. The number of ether oxygens (including phenoxy) is 3. The molecule has 0 bridgehead atoms. The van der Waals surface area contributed by atoms with Gasteiger partial charge in [0.05, 0.1) is 21.3 Å². The molecule has 0 saturated carbocycles. The highest BCUT2D eigenvalue weighted by atomic mass is 16.5. The smallest absolute Gasteiger partial charge is 0.253 e.